The topological polar surface area (TPSA) is 45.1 Å². The van der Waals surface area contributed by atoms with Gasteiger partial charge in [0.1, 0.15) is 0 Å². The summed E-state index contributed by atoms with van der Waals surface area (Å²) in [5, 5.41) is 22.9. The van der Waals surface area contributed by atoms with E-state index in [0.29, 0.717) is 5.56 Å². The van der Waals surface area contributed by atoms with Crippen molar-refractivity contribution in [1.82, 2.24) is 13.7 Å². The van der Waals surface area contributed by atoms with Crippen LogP contribution >= 0.6 is 22.7 Å². The molecule has 17 aromatic carbocycles. The minimum absolute atomic E-state index is 0.0781. The van der Waals surface area contributed by atoms with Crippen LogP contribution in [0, 0.1) is 11.3 Å². The van der Waals surface area contributed by atoms with Crippen molar-refractivity contribution in [2.75, 3.05) is 9.80 Å². The molecule has 9 heteroatoms. The van der Waals surface area contributed by atoms with Crippen LogP contribution in [-0.2, 0) is 27.1 Å². The third-order valence-electron chi connectivity index (χ3n) is 28.6. The summed E-state index contributed by atoms with van der Waals surface area (Å²) in [4.78, 5) is 5.55. The number of thiophene rings is 2. The van der Waals surface area contributed by atoms with Gasteiger partial charge >= 0.3 is 0 Å². The van der Waals surface area contributed by atoms with E-state index in [0.717, 1.165) is 134 Å². The number of rotatable bonds is 9. The van der Waals surface area contributed by atoms with Crippen LogP contribution in [0.2, 0.25) is 0 Å². The first-order valence-corrected chi connectivity index (χ1v) is 48.2. The van der Waals surface area contributed by atoms with Crippen molar-refractivity contribution in [1.29, 1.82) is 5.26 Å². The van der Waals surface area contributed by atoms with E-state index in [1.165, 1.54) is 112 Å². The Hall–Kier alpha value is -14.3. The van der Waals surface area contributed by atoms with Crippen molar-refractivity contribution in [2.45, 2.75) is 131 Å². The van der Waals surface area contributed by atoms with Crippen molar-refractivity contribution in [3.63, 3.8) is 0 Å². The normalized spacial score (nSPS) is 13.2. The Labute approximate surface area is 780 Å². The Morgan fingerprint density at radius 2 is 0.750 bits per heavy atom. The van der Waals surface area contributed by atoms with Crippen LogP contribution in [0.4, 0.5) is 34.1 Å². The monoisotopic (exact) mass is 1740 g/mol. The lowest BCUT2D eigenvalue weighted by molar-refractivity contribution is 0.569. The molecule has 0 spiro atoms. The fourth-order valence-electron chi connectivity index (χ4n) is 21.7. The van der Waals surface area contributed by atoms with Crippen molar-refractivity contribution < 1.29 is 0 Å². The van der Waals surface area contributed by atoms with Gasteiger partial charge in [-0.2, -0.15) is 5.26 Å². The first-order valence-electron chi connectivity index (χ1n) is 46.5. The summed E-state index contributed by atoms with van der Waals surface area (Å²) in [6.07, 6.45) is 0. The zero-order chi connectivity index (χ0) is 90.2. The van der Waals surface area contributed by atoms with Gasteiger partial charge in [-0.15, -0.1) is 22.7 Å². The van der Waals surface area contributed by atoms with Crippen LogP contribution < -0.4 is 26.2 Å². The van der Waals surface area contributed by atoms with Crippen LogP contribution in [0.1, 0.15) is 137 Å². The fourth-order valence-corrected chi connectivity index (χ4v) is 24.2. The minimum Gasteiger partial charge on any atom is -0.309 e. The number of hydrogen-bond donors (Lipinski definition) is 0. The summed E-state index contributed by atoms with van der Waals surface area (Å²) in [6.45, 7) is 34.9. The second-order valence-electron chi connectivity index (χ2n) is 42.0. The lowest BCUT2D eigenvalue weighted by atomic mass is 9.33. The van der Waals surface area contributed by atoms with E-state index in [1.807, 2.05) is 28.7 Å². The number of fused-ring (bicyclic) bond motifs is 19. The maximum atomic E-state index is 11.2. The summed E-state index contributed by atoms with van der Waals surface area (Å²) in [7, 11) is 0. The molecule has 0 unspecified atom stereocenters. The van der Waals surface area contributed by atoms with E-state index in [9.17, 15) is 5.26 Å². The molecule has 2 aliphatic heterocycles. The number of nitriles is 1. The Morgan fingerprint density at radius 1 is 0.258 bits per heavy atom. The lowest BCUT2D eigenvalue weighted by Gasteiger charge is -2.46. The molecule has 0 fully saturated rings. The molecular weight excluding hydrogens is 1640 g/mol. The van der Waals surface area contributed by atoms with Crippen molar-refractivity contribution in [3.8, 4) is 67.6 Å². The Bertz CT molecular complexity index is 8580. The molecule has 0 N–H and O–H groups in total. The molecule has 0 amide bonds. The van der Waals surface area contributed by atoms with E-state index < -0.39 is 6.71 Å². The maximum Gasteiger partial charge on any atom is 0.252 e. The first-order chi connectivity index (χ1) is 63.6. The largest absolute Gasteiger partial charge is 0.309 e. The molecule has 0 aliphatic carbocycles. The summed E-state index contributed by atoms with van der Waals surface area (Å²) in [5.74, 6) is 0. The average Bonchev–Trinajstić information content (AvgIpc) is 1.02. The summed E-state index contributed by atoms with van der Waals surface area (Å²) in [6, 6.07) is 134. The second-order valence-corrected chi connectivity index (χ2v) is 44.1. The standard InChI is InChI=1S/C123H101BN6S2/c1-119(2,3)78-54-59-104-95(66-78)94-60-73(72-125)50-57-103(94)126(104)83-70-108-115-109(71-83)130(117-96(89-39-31-49-112-114(89)93-55-53-79(120(4,5)6)69-113(93)131-112)67-82(123(13,14)15)68-110(117)128-101-45-26-21-36-86(101)87-37-22-27-46-102(87)128)107-64-76(74-32-17-16-18-33-74)51-56-97(107)124(115)98-63-75(77-61-80(121(7,8)9)65-81(62-77)122(10,11)12)52-58-105(98)129(108)116-90(92-42-29-41-91-88-38-23-28-48-111(88)132-118(91)92)40-30-47-106(116)127-99-43-24-19-34-84(99)85-35-20-25-44-100(85)127/h16-71H,1-15H3. The molecule has 0 atom stereocenters. The van der Waals surface area contributed by atoms with Crippen molar-refractivity contribution in [2.24, 2.45) is 0 Å². The third kappa shape index (κ3) is 12.6. The number of hydrogen-bond acceptors (Lipinski definition) is 5. The molecule has 22 aromatic rings. The molecule has 638 valence electrons. The van der Waals surface area contributed by atoms with Gasteiger partial charge in [0.05, 0.1) is 73.2 Å². The molecule has 132 heavy (non-hydrogen) atoms. The van der Waals surface area contributed by atoms with Gasteiger partial charge in [0.25, 0.3) is 6.71 Å². The number of para-hydroxylation sites is 5. The maximum absolute atomic E-state index is 11.2. The van der Waals surface area contributed by atoms with Gasteiger partial charge in [0, 0.05) is 112 Å². The zero-order valence-electron chi connectivity index (χ0n) is 77.4. The smallest absolute Gasteiger partial charge is 0.252 e. The van der Waals surface area contributed by atoms with Crippen LogP contribution in [0.3, 0.4) is 0 Å². The predicted molar refractivity (Wildman–Crippen MR) is 569 cm³/mol. The highest BCUT2D eigenvalue weighted by molar-refractivity contribution is 7.26. The Morgan fingerprint density at radius 3 is 1.39 bits per heavy atom. The van der Waals surface area contributed by atoms with Gasteiger partial charge in [-0.25, -0.2) is 0 Å². The highest BCUT2D eigenvalue weighted by atomic mass is 32.1. The minimum atomic E-state index is -0.407. The van der Waals surface area contributed by atoms with Gasteiger partial charge in [-0.1, -0.05) is 328 Å². The predicted octanol–water partition coefficient (Wildman–Crippen LogP) is 32.8. The number of benzene rings is 17. The highest BCUT2D eigenvalue weighted by Gasteiger charge is 2.47. The average molecular weight is 1740 g/mol. The summed E-state index contributed by atoms with van der Waals surface area (Å²) >= 11 is 3.79. The number of anilines is 6. The molecule has 24 rings (SSSR count). The van der Waals surface area contributed by atoms with Crippen molar-refractivity contribution >= 4 is 186 Å². The molecule has 0 saturated carbocycles. The molecule has 0 radical (unpaired) electrons. The highest BCUT2D eigenvalue weighted by Crippen LogP contribution is 2.58. The Kier molecular flexibility index (Phi) is 18.0. The molecule has 2 aliphatic rings. The fraction of sp³-hybridized carbons (Fsp3) is 0.163. The van der Waals surface area contributed by atoms with Gasteiger partial charge in [-0.05, 0) is 214 Å². The van der Waals surface area contributed by atoms with E-state index in [4.69, 9.17) is 0 Å². The molecule has 5 aromatic heterocycles. The Balaban J connectivity index is 0.940. The van der Waals surface area contributed by atoms with Crippen LogP contribution in [0.15, 0.2) is 340 Å². The van der Waals surface area contributed by atoms with E-state index in [-0.39, 0.29) is 27.1 Å². The van der Waals surface area contributed by atoms with Gasteiger partial charge < -0.3 is 23.5 Å². The third-order valence-corrected chi connectivity index (χ3v) is 30.9. The molecule has 6 nitrogen and oxygen atoms in total. The second kappa shape index (κ2) is 29.4. The van der Waals surface area contributed by atoms with Crippen molar-refractivity contribution in [3.05, 3.63) is 373 Å². The van der Waals surface area contributed by atoms with E-state index >= 15 is 0 Å². The first kappa shape index (κ1) is 81.0. The van der Waals surface area contributed by atoms with Gasteiger partial charge in [0.2, 0.25) is 0 Å². The van der Waals surface area contributed by atoms with Gasteiger partial charge in [-0.3, -0.25) is 0 Å². The number of aromatic nitrogens is 3. The molecular formula is C123H101BN6S2. The summed E-state index contributed by atoms with van der Waals surface area (Å²) < 4.78 is 12.7. The molecule has 0 saturated heterocycles. The SMILES string of the molecule is CC(C)(C)c1cc(-c2ccc3c(c2)B2c4ccc(-c5ccccc5)cc4N(c4c(-c5cccc6sc7cc(C(C)(C)C)ccc7c56)cc(C(C)(C)C)cc4-n4c5ccccc5c5ccccc54)c4cc(-n5c6ccc(C#N)cc6c6cc(C(C)(C)C)ccc65)cc(c42)N3c2c(-c3cccc4c3sc3ccccc34)cccc2-n2c3ccccc3c3ccccc32)cc(C(C)(C)C)c1. The summed E-state index contributed by atoms with van der Waals surface area (Å²) in [5.41, 5.74) is 34.5. The van der Waals surface area contributed by atoms with Crippen LogP contribution in [0.5, 0.6) is 0 Å². The van der Waals surface area contributed by atoms with E-state index in [1.54, 1.807) is 0 Å². The quantitative estimate of drug-likeness (QED) is 0.135. The molecule has 7 heterocycles. The van der Waals surface area contributed by atoms with E-state index in [2.05, 4.69) is 467 Å². The lowest BCUT2D eigenvalue weighted by Crippen LogP contribution is -2.61. The van der Waals surface area contributed by atoms with Crippen LogP contribution in [-0.4, -0.2) is 20.4 Å². The number of nitrogens with zero attached hydrogens (tertiary/aromatic N) is 6. The molecule has 0 bridgehead atoms. The van der Waals surface area contributed by atoms with Gasteiger partial charge in [0.15, 0.2) is 0 Å². The van der Waals surface area contributed by atoms with Crippen LogP contribution in [0.25, 0.3) is 167 Å². The zero-order valence-corrected chi connectivity index (χ0v) is 79.0.